The topological polar surface area (TPSA) is 74.5 Å². The van der Waals surface area contributed by atoms with Gasteiger partial charge in [-0.1, -0.05) is 12.1 Å². The summed E-state index contributed by atoms with van der Waals surface area (Å²) in [6, 6.07) is 9.86. The van der Waals surface area contributed by atoms with Crippen LogP contribution in [0, 0.1) is 18.3 Å². The molecule has 0 bridgehead atoms. The molecule has 0 aliphatic heterocycles. The van der Waals surface area contributed by atoms with Crippen molar-refractivity contribution in [2.24, 2.45) is 0 Å². The Labute approximate surface area is 126 Å². The van der Waals surface area contributed by atoms with Crippen molar-refractivity contribution in [2.75, 3.05) is 5.32 Å². The lowest BCUT2D eigenvalue weighted by Gasteiger charge is -2.07. The zero-order valence-electron chi connectivity index (χ0n) is 11.2. The number of hydrogen-bond donors (Lipinski definition) is 1. The molecule has 2 heterocycles. The van der Waals surface area contributed by atoms with Gasteiger partial charge in [-0.3, -0.25) is 0 Å². The van der Waals surface area contributed by atoms with Crippen LogP contribution in [0.2, 0.25) is 0 Å². The molecule has 3 aromatic rings. The maximum absolute atomic E-state index is 9.03. The molecular weight excluding hydrogens is 282 g/mol. The van der Waals surface area contributed by atoms with Crippen molar-refractivity contribution < 1.29 is 0 Å². The molecule has 102 valence electrons. The molecule has 0 spiro atoms. The third kappa shape index (κ3) is 2.88. The second kappa shape index (κ2) is 5.69. The Kier molecular flexibility index (Phi) is 3.58. The summed E-state index contributed by atoms with van der Waals surface area (Å²) in [6.07, 6.45) is 3.05. The number of nitrogens with zero attached hydrogens (tertiary/aromatic N) is 4. The molecule has 0 radical (unpaired) electrons. The van der Waals surface area contributed by atoms with Gasteiger partial charge in [0, 0.05) is 34.7 Å². The Morgan fingerprint density at radius 3 is 2.86 bits per heavy atom. The van der Waals surface area contributed by atoms with Gasteiger partial charge in [-0.2, -0.15) is 5.26 Å². The maximum Gasteiger partial charge on any atom is 0.183 e. The van der Waals surface area contributed by atoms with E-state index in [1.807, 2.05) is 42.6 Å². The second-order valence-electron chi connectivity index (χ2n) is 4.37. The molecule has 21 heavy (non-hydrogen) atoms. The number of aryl methyl sites for hydroxylation is 1. The number of thiazole rings is 1. The number of benzene rings is 1. The first kappa shape index (κ1) is 13.2. The van der Waals surface area contributed by atoms with Gasteiger partial charge in [0.2, 0.25) is 0 Å². The van der Waals surface area contributed by atoms with Crippen molar-refractivity contribution in [3.8, 4) is 16.6 Å². The molecule has 2 aromatic heterocycles. The van der Waals surface area contributed by atoms with Crippen LogP contribution in [0.15, 0.2) is 42.0 Å². The minimum absolute atomic E-state index is 0.271. The van der Waals surface area contributed by atoms with E-state index in [-0.39, 0.29) is 5.69 Å². The van der Waals surface area contributed by atoms with Crippen molar-refractivity contribution in [2.45, 2.75) is 6.92 Å². The van der Waals surface area contributed by atoms with Crippen molar-refractivity contribution >= 4 is 22.8 Å². The van der Waals surface area contributed by atoms with Crippen LogP contribution in [0.4, 0.5) is 11.5 Å². The number of rotatable bonds is 3. The zero-order valence-corrected chi connectivity index (χ0v) is 12.1. The molecule has 0 amide bonds. The average molecular weight is 293 g/mol. The molecule has 0 saturated carbocycles. The number of hydrogen-bond acceptors (Lipinski definition) is 6. The van der Waals surface area contributed by atoms with Gasteiger partial charge >= 0.3 is 0 Å². The van der Waals surface area contributed by atoms with E-state index in [2.05, 4.69) is 20.3 Å². The zero-order chi connectivity index (χ0) is 14.7. The Balaban J connectivity index is 1.92. The number of aromatic nitrogens is 3. The van der Waals surface area contributed by atoms with E-state index in [1.54, 1.807) is 17.5 Å². The van der Waals surface area contributed by atoms with Crippen molar-refractivity contribution in [3.63, 3.8) is 0 Å². The molecule has 1 N–H and O–H groups in total. The summed E-state index contributed by atoms with van der Waals surface area (Å²) in [5.41, 5.74) is 3.15. The van der Waals surface area contributed by atoms with E-state index >= 15 is 0 Å². The maximum atomic E-state index is 9.03. The highest BCUT2D eigenvalue weighted by molar-refractivity contribution is 7.13. The quantitative estimate of drug-likeness (QED) is 0.799. The molecule has 3 rings (SSSR count). The Morgan fingerprint density at radius 1 is 1.24 bits per heavy atom. The summed E-state index contributed by atoms with van der Waals surface area (Å²) in [7, 11) is 0. The SMILES string of the molecule is Cc1csc(-c2cccc(Nc3nccnc3C#N)c2)n1. The van der Waals surface area contributed by atoms with E-state index < -0.39 is 0 Å². The van der Waals surface area contributed by atoms with Gasteiger partial charge in [-0.25, -0.2) is 15.0 Å². The summed E-state index contributed by atoms with van der Waals surface area (Å²) in [5, 5.41) is 15.1. The molecule has 0 aliphatic carbocycles. The molecule has 0 unspecified atom stereocenters. The highest BCUT2D eigenvalue weighted by Gasteiger charge is 2.07. The Morgan fingerprint density at radius 2 is 2.10 bits per heavy atom. The van der Waals surface area contributed by atoms with Gasteiger partial charge in [0.15, 0.2) is 11.5 Å². The van der Waals surface area contributed by atoms with Gasteiger partial charge in [-0.05, 0) is 19.1 Å². The first-order valence-electron chi connectivity index (χ1n) is 6.27. The van der Waals surface area contributed by atoms with Gasteiger partial charge < -0.3 is 5.32 Å². The highest BCUT2D eigenvalue weighted by atomic mass is 32.1. The summed E-state index contributed by atoms with van der Waals surface area (Å²) < 4.78 is 0. The molecule has 6 heteroatoms. The molecule has 5 nitrogen and oxygen atoms in total. The van der Waals surface area contributed by atoms with Crippen LogP contribution in [0.1, 0.15) is 11.4 Å². The molecule has 0 saturated heterocycles. The van der Waals surface area contributed by atoms with E-state index in [1.165, 1.54) is 6.20 Å². The predicted molar refractivity (Wildman–Crippen MR) is 82.3 cm³/mol. The van der Waals surface area contributed by atoms with Gasteiger partial charge in [0.05, 0.1) is 0 Å². The van der Waals surface area contributed by atoms with Gasteiger partial charge in [0.25, 0.3) is 0 Å². The van der Waals surface area contributed by atoms with Crippen LogP contribution in [0.5, 0.6) is 0 Å². The fraction of sp³-hybridized carbons (Fsp3) is 0.0667. The van der Waals surface area contributed by atoms with Crippen LogP contribution < -0.4 is 5.32 Å². The minimum Gasteiger partial charge on any atom is -0.338 e. The van der Waals surface area contributed by atoms with E-state index in [0.717, 1.165) is 22.0 Å². The number of anilines is 2. The highest BCUT2D eigenvalue weighted by Crippen LogP contribution is 2.27. The fourth-order valence-corrected chi connectivity index (χ4v) is 2.66. The summed E-state index contributed by atoms with van der Waals surface area (Å²) in [5.74, 6) is 0.451. The average Bonchev–Trinajstić information content (AvgIpc) is 2.95. The summed E-state index contributed by atoms with van der Waals surface area (Å²) in [6.45, 7) is 1.97. The molecule has 0 atom stereocenters. The van der Waals surface area contributed by atoms with Crippen molar-refractivity contribution in [1.82, 2.24) is 15.0 Å². The monoisotopic (exact) mass is 293 g/mol. The largest absolute Gasteiger partial charge is 0.338 e. The third-order valence-electron chi connectivity index (χ3n) is 2.80. The number of nitrogens with one attached hydrogen (secondary N) is 1. The Hall–Kier alpha value is -2.78. The van der Waals surface area contributed by atoms with Crippen LogP contribution in [-0.2, 0) is 0 Å². The smallest absolute Gasteiger partial charge is 0.183 e. The second-order valence-corrected chi connectivity index (χ2v) is 5.22. The summed E-state index contributed by atoms with van der Waals surface area (Å²) in [4.78, 5) is 12.6. The third-order valence-corrected chi connectivity index (χ3v) is 3.80. The van der Waals surface area contributed by atoms with Crippen LogP contribution in [0.25, 0.3) is 10.6 Å². The standard InChI is InChI=1S/C15H11N5S/c1-10-9-21-15(19-10)11-3-2-4-12(7-11)20-14-13(8-16)17-5-6-18-14/h2-7,9H,1H3,(H,18,20). The number of nitriles is 1. The lowest BCUT2D eigenvalue weighted by Crippen LogP contribution is -1.98. The van der Waals surface area contributed by atoms with Gasteiger partial charge in [0.1, 0.15) is 11.1 Å². The van der Waals surface area contributed by atoms with E-state index in [4.69, 9.17) is 5.26 Å². The van der Waals surface area contributed by atoms with Crippen LogP contribution >= 0.6 is 11.3 Å². The van der Waals surface area contributed by atoms with Crippen molar-refractivity contribution in [1.29, 1.82) is 5.26 Å². The lowest BCUT2D eigenvalue weighted by atomic mass is 10.2. The fourth-order valence-electron chi connectivity index (χ4n) is 1.86. The van der Waals surface area contributed by atoms with Gasteiger partial charge in [-0.15, -0.1) is 11.3 Å². The van der Waals surface area contributed by atoms with Crippen molar-refractivity contribution in [3.05, 3.63) is 53.4 Å². The minimum atomic E-state index is 0.271. The lowest BCUT2D eigenvalue weighted by molar-refractivity contribution is 1.16. The first-order chi connectivity index (χ1) is 10.3. The molecule has 0 fully saturated rings. The van der Waals surface area contributed by atoms with Crippen LogP contribution in [0.3, 0.4) is 0 Å². The first-order valence-corrected chi connectivity index (χ1v) is 7.15. The molecular formula is C15H11N5S. The van der Waals surface area contributed by atoms with E-state index in [9.17, 15) is 0 Å². The normalized spacial score (nSPS) is 10.1. The van der Waals surface area contributed by atoms with E-state index in [0.29, 0.717) is 5.82 Å². The molecule has 1 aromatic carbocycles. The molecule has 0 aliphatic rings. The predicted octanol–water partition coefficient (Wildman–Crippen LogP) is 3.52. The Bertz CT molecular complexity index is 819. The summed E-state index contributed by atoms with van der Waals surface area (Å²) >= 11 is 1.61. The van der Waals surface area contributed by atoms with Crippen LogP contribution in [-0.4, -0.2) is 15.0 Å².